The number of hydrogen-bond acceptors (Lipinski definition) is 4. The maximum Gasteiger partial charge on any atom is 0.147 e. The van der Waals surface area contributed by atoms with Gasteiger partial charge in [0.05, 0.1) is 11.4 Å². The minimum atomic E-state index is -2.93. The molecule has 0 amide bonds. The molecule has 0 unspecified atom stereocenters. The van der Waals surface area contributed by atoms with Gasteiger partial charge < -0.3 is 5.11 Å². The Hall–Kier alpha value is -0.910. The van der Waals surface area contributed by atoms with E-state index in [-0.39, 0.29) is 5.75 Å². The summed E-state index contributed by atoms with van der Waals surface area (Å²) in [5, 5.41) is 9.97. The molecule has 1 N–H and O–H groups in total. The van der Waals surface area contributed by atoms with E-state index in [9.17, 15) is 13.5 Å². The van der Waals surface area contributed by atoms with Gasteiger partial charge in [-0.15, -0.1) is 0 Å². The normalized spacial score (nSPS) is 12.8. The van der Waals surface area contributed by atoms with Crippen LogP contribution in [0.3, 0.4) is 0 Å². The quantitative estimate of drug-likeness (QED) is 0.794. The van der Waals surface area contributed by atoms with Gasteiger partial charge in [-0.25, -0.2) is 8.42 Å². The first-order valence-electron chi connectivity index (χ1n) is 6.82. The zero-order valence-electron chi connectivity index (χ0n) is 12.5. The molecule has 0 saturated heterocycles. The molecule has 20 heavy (non-hydrogen) atoms. The summed E-state index contributed by atoms with van der Waals surface area (Å²) in [4.78, 5) is 2.10. The maximum absolute atomic E-state index is 11.2. The molecule has 1 aromatic carbocycles. The molecule has 0 bridgehead atoms. The molecule has 0 aromatic heterocycles. The first kappa shape index (κ1) is 17.1. The summed E-state index contributed by atoms with van der Waals surface area (Å²) in [6.07, 6.45) is 1.84. The highest BCUT2D eigenvalue weighted by atomic mass is 32.2. The number of nitrogens with zero attached hydrogens (tertiary/aromatic N) is 1. The molecule has 5 heteroatoms. The van der Waals surface area contributed by atoms with E-state index in [0.29, 0.717) is 26.1 Å². The Kier molecular flexibility index (Phi) is 6.17. The lowest BCUT2D eigenvalue weighted by molar-refractivity contribution is 0.0336. The van der Waals surface area contributed by atoms with E-state index in [1.807, 2.05) is 30.3 Å². The fourth-order valence-corrected chi connectivity index (χ4v) is 2.81. The molecular formula is C15H25NO3S. The maximum atomic E-state index is 11.2. The zero-order valence-corrected chi connectivity index (χ0v) is 13.4. The molecule has 0 saturated carbocycles. The van der Waals surface area contributed by atoms with Crippen molar-refractivity contribution in [2.24, 2.45) is 0 Å². The van der Waals surface area contributed by atoms with Crippen LogP contribution in [0.1, 0.15) is 25.8 Å². The van der Waals surface area contributed by atoms with Crippen LogP contribution in [0, 0.1) is 0 Å². The van der Waals surface area contributed by atoms with Crippen LogP contribution in [0.4, 0.5) is 0 Å². The SMILES string of the molecule is CC(C)(O)CN(CCCS(C)(=O)=O)Cc1ccccc1. The lowest BCUT2D eigenvalue weighted by Gasteiger charge is -2.29. The van der Waals surface area contributed by atoms with Crippen LogP contribution in [0.15, 0.2) is 30.3 Å². The van der Waals surface area contributed by atoms with Crippen LogP contribution in [0.25, 0.3) is 0 Å². The Morgan fingerprint density at radius 3 is 2.30 bits per heavy atom. The molecule has 0 aliphatic carbocycles. The van der Waals surface area contributed by atoms with Gasteiger partial charge in [0.25, 0.3) is 0 Å². The van der Waals surface area contributed by atoms with Crippen molar-refractivity contribution in [3.05, 3.63) is 35.9 Å². The minimum absolute atomic E-state index is 0.185. The second kappa shape index (κ2) is 7.20. The van der Waals surface area contributed by atoms with Gasteiger partial charge in [-0.1, -0.05) is 30.3 Å². The Balaban J connectivity index is 2.61. The van der Waals surface area contributed by atoms with Crippen LogP contribution in [-0.2, 0) is 16.4 Å². The van der Waals surface area contributed by atoms with E-state index in [4.69, 9.17) is 0 Å². The Morgan fingerprint density at radius 2 is 1.80 bits per heavy atom. The van der Waals surface area contributed by atoms with Crippen LogP contribution in [0.5, 0.6) is 0 Å². The van der Waals surface area contributed by atoms with Crippen molar-refractivity contribution in [3.8, 4) is 0 Å². The molecule has 114 valence electrons. The van der Waals surface area contributed by atoms with Crippen LogP contribution in [0.2, 0.25) is 0 Å². The number of benzene rings is 1. The first-order chi connectivity index (χ1) is 9.16. The van der Waals surface area contributed by atoms with Gasteiger partial charge in [0.1, 0.15) is 9.84 Å². The van der Waals surface area contributed by atoms with Crippen molar-refractivity contribution in [2.45, 2.75) is 32.4 Å². The lowest BCUT2D eigenvalue weighted by atomic mass is 10.1. The fraction of sp³-hybridized carbons (Fsp3) is 0.600. The average molecular weight is 299 g/mol. The smallest absolute Gasteiger partial charge is 0.147 e. The van der Waals surface area contributed by atoms with E-state index in [2.05, 4.69) is 4.90 Å². The molecule has 1 aromatic rings. The molecule has 0 spiro atoms. The van der Waals surface area contributed by atoms with Gasteiger partial charge in [0.2, 0.25) is 0 Å². The predicted molar refractivity (Wildman–Crippen MR) is 82.3 cm³/mol. The summed E-state index contributed by atoms with van der Waals surface area (Å²) < 4.78 is 22.4. The summed E-state index contributed by atoms with van der Waals surface area (Å²) >= 11 is 0. The molecule has 0 radical (unpaired) electrons. The topological polar surface area (TPSA) is 57.6 Å². The van der Waals surface area contributed by atoms with Crippen molar-refractivity contribution >= 4 is 9.84 Å². The molecular weight excluding hydrogens is 274 g/mol. The van der Waals surface area contributed by atoms with Crippen molar-refractivity contribution in [1.82, 2.24) is 4.90 Å². The van der Waals surface area contributed by atoms with Crippen molar-refractivity contribution in [3.63, 3.8) is 0 Å². The summed E-state index contributed by atoms with van der Waals surface area (Å²) in [5.41, 5.74) is 0.371. The van der Waals surface area contributed by atoms with E-state index < -0.39 is 15.4 Å². The highest BCUT2D eigenvalue weighted by Gasteiger charge is 2.18. The highest BCUT2D eigenvalue weighted by molar-refractivity contribution is 7.90. The molecule has 1 rings (SSSR count). The number of hydrogen-bond donors (Lipinski definition) is 1. The van der Waals surface area contributed by atoms with Gasteiger partial charge in [0.15, 0.2) is 0 Å². The van der Waals surface area contributed by atoms with Crippen LogP contribution in [-0.4, -0.2) is 49.1 Å². The van der Waals surface area contributed by atoms with Crippen molar-refractivity contribution in [1.29, 1.82) is 0 Å². The molecule has 4 nitrogen and oxygen atoms in total. The molecule has 0 heterocycles. The van der Waals surface area contributed by atoms with E-state index in [0.717, 1.165) is 5.56 Å². The fourth-order valence-electron chi connectivity index (χ4n) is 2.15. The monoisotopic (exact) mass is 299 g/mol. The van der Waals surface area contributed by atoms with Gasteiger partial charge in [0, 0.05) is 19.3 Å². The standard InChI is InChI=1S/C15H25NO3S/c1-15(2,17)13-16(10-7-11-20(3,18)19)12-14-8-5-4-6-9-14/h4-6,8-9,17H,7,10-13H2,1-3H3. The Morgan fingerprint density at radius 1 is 1.20 bits per heavy atom. The second-order valence-corrected chi connectivity index (χ2v) is 8.25. The van der Waals surface area contributed by atoms with Crippen LogP contribution >= 0.6 is 0 Å². The summed E-state index contributed by atoms with van der Waals surface area (Å²) in [6.45, 7) is 5.43. The Labute approximate surface area is 122 Å². The molecule has 0 aliphatic heterocycles. The van der Waals surface area contributed by atoms with E-state index in [1.165, 1.54) is 6.26 Å². The number of sulfone groups is 1. The van der Waals surface area contributed by atoms with Gasteiger partial charge in [-0.2, -0.15) is 0 Å². The van der Waals surface area contributed by atoms with Crippen molar-refractivity contribution < 1.29 is 13.5 Å². The third-order valence-corrected chi connectivity index (χ3v) is 3.88. The van der Waals surface area contributed by atoms with Crippen molar-refractivity contribution in [2.75, 3.05) is 25.1 Å². The van der Waals surface area contributed by atoms with Gasteiger partial charge in [-0.3, -0.25) is 4.90 Å². The van der Waals surface area contributed by atoms with E-state index >= 15 is 0 Å². The van der Waals surface area contributed by atoms with Gasteiger partial charge in [-0.05, 0) is 32.4 Å². The lowest BCUT2D eigenvalue weighted by Crippen LogP contribution is -2.39. The average Bonchev–Trinajstić information content (AvgIpc) is 2.26. The first-order valence-corrected chi connectivity index (χ1v) is 8.88. The second-order valence-electron chi connectivity index (χ2n) is 5.99. The van der Waals surface area contributed by atoms with Crippen LogP contribution < -0.4 is 0 Å². The summed E-state index contributed by atoms with van der Waals surface area (Å²) in [7, 11) is -2.93. The molecule has 0 atom stereocenters. The Bertz CT molecular complexity index is 492. The van der Waals surface area contributed by atoms with Gasteiger partial charge >= 0.3 is 0 Å². The molecule has 0 aliphatic rings. The summed E-state index contributed by atoms with van der Waals surface area (Å²) in [6, 6.07) is 10.00. The third kappa shape index (κ3) is 8.30. The highest BCUT2D eigenvalue weighted by Crippen LogP contribution is 2.11. The number of aliphatic hydroxyl groups is 1. The zero-order chi connectivity index (χ0) is 15.2. The minimum Gasteiger partial charge on any atom is -0.389 e. The van der Waals surface area contributed by atoms with E-state index in [1.54, 1.807) is 13.8 Å². The largest absolute Gasteiger partial charge is 0.389 e. The molecule has 0 fully saturated rings. The number of rotatable bonds is 8. The summed E-state index contributed by atoms with van der Waals surface area (Å²) in [5.74, 6) is 0.185. The third-order valence-electron chi connectivity index (χ3n) is 2.85. The predicted octanol–water partition coefficient (Wildman–Crippen LogP) is 1.69.